The van der Waals surface area contributed by atoms with E-state index < -0.39 is 33.9 Å². The highest BCUT2D eigenvalue weighted by molar-refractivity contribution is 7.91. The average molecular weight is 399 g/mol. The molecule has 1 fully saturated rings. The van der Waals surface area contributed by atoms with Crippen molar-refractivity contribution in [2.75, 3.05) is 25.2 Å². The fourth-order valence-corrected chi connectivity index (χ4v) is 4.41. The first-order valence-electron chi connectivity index (χ1n) is 8.72. The lowest BCUT2D eigenvalue weighted by molar-refractivity contribution is -0.129. The maximum absolute atomic E-state index is 12.3. The van der Waals surface area contributed by atoms with E-state index in [2.05, 4.69) is 5.32 Å². The average Bonchev–Trinajstić information content (AvgIpc) is 2.97. The van der Waals surface area contributed by atoms with Gasteiger partial charge in [-0.2, -0.15) is 0 Å². The summed E-state index contributed by atoms with van der Waals surface area (Å²) in [7, 11) is -1.57. The summed E-state index contributed by atoms with van der Waals surface area (Å²) in [6.45, 7) is 4.11. The van der Waals surface area contributed by atoms with Crippen molar-refractivity contribution in [3.8, 4) is 5.75 Å². The normalized spacial score (nSPS) is 19.3. The van der Waals surface area contributed by atoms with E-state index in [0.717, 1.165) is 0 Å². The van der Waals surface area contributed by atoms with Crippen molar-refractivity contribution in [1.82, 2.24) is 5.32 Å². The molecule has 1 aromatic carbocycles. The third-order valence-electron chi connectivity index (χ3n) is 4.21. The number of benzene rings is 1. The lowest BCUT2D eigenvalue weighted by atomic mass is 10.1. The Labute approximate surface area is 159 Å². The van der Waals surface area contributed by atoms with E-state index in [1.807, 2.05) is 6.92 Å². The van der Waals surface area contributed by atoms with Gasteiger partial charge in [0, 0.05) is 18.2 Å². The molecule has 1 saturated heterocycles. The Morgan fingerprint density at radius 2 is 2.07 bits per heavy atom. The quantitative estimate of drug-likeness (QED) is 0.652. The van der Waals surface area contributed by atoms with Crippen molar-refractivity contribution >= 4 is 21.7 Å². The third-order valence-corrected chi connectivity index (χ3v) is 5.98. The number of carbonyl (C=O) groups is 2. The first-order valence-corrected chi connectivity index (χ1v) is 10.5. The number of carbonyl (C=O) groups excluding carboxylic acids is 2. The number of esters is 1. The molecule has 2 atom stereocenters. The minimum Gasteiger partial charge on any atom is -0.496 e. The molecule has 1 N–H and O–H groups in total. The highest BCUT2D eigenvalue weighted by Crippen LogP contribution is 2.21. The molecule has 0 aromatic heterocycles. The van der Waals surface area contributed by atoms with Crippen LogP contribution in [0.15, 0.2) is 18.2 Å². The van der Waals surface area contributed by atoms with Crippen LogP contribution in [0, 0.1) is 0 Å². The largest absolute Gasteiger partial charge is 0.496 e. The zero-order chi connectivity index (χ0) is 20.0. The van der Waals surface area contributed by atoms with Crippen LogP contribution in [0.2, 0.25) is 0 Å². The molecule has 1 aliphatic heterocycles. The highest BCUT2D eigenvalue weighted by atomic mass is 32.2. The summed E-state index contributed by atoms with van der Waals surface area (Å²) in [5, 5.41) is 2.61. The summed E-state index contributed by atoms with van der Waals surface area (Å²) in [5.74, 6) is -0.613. The zero-order valence-corrected chi connectivity index (χ0v) is 16.5. The number of sulfone groups is 1. The van der Waals surface area contributed by atoms with Crippen LogP contribution in [0.3, 0.4) is 0 Å². The van der Waals surface area contributed by atoms with Gasteiger partial charge < -0.3 is 19.5 Å². The maximum atomic E-state index is 12.3. The summed E-state index contributed by atoms with van der Waals surface area (Å²) in [6, 6.07) is 4.34. The summed E-state index contributed by atoms with van der Waals surface area (Å²) < 4.78 is 38.7. The highest BCUT2D eigenvalue weighted by Gasteiger charge is 2.30. The first-order chi connectivity index (χ1) is 12.8. The Kier molecular flexibility index (Phi) is 7.20. The molecule has 1 aliphatic rings. The monoisotopic (exact) mass is 399 g/mol. The topological polar surface area (TPSA) is 108 Å². The molecule has 0 aliphatic carbocycles. The number of hydrogen-bond donors (Lipinski definition) is 1. The standard InChI is InChI=1S/C18H25NO7S/c1-4-25-10-14-9-13(5-6-16(14)24-3)18(21)26-12(2)17(20)19-15-7-8-27(22,23)11-15/h5-6,9,12,15H,4,7-8,10-11H2,1-3H3,(H,19,20)/t12-,15-/m1/s1. The van der Waals surface area contributed by atoms with E-state index in [1.165, 1.54) is 14.0 Å². The van der Waals surface area contributed by atoms with Gasteiger partial charge in [0.15, 0.2) is 15.9 Å². The van der Waals surface area contributed by atoms with Gasteiger partial charge in [-0.15, -0.1) is 0 Å². The second kappa shape index (κ2) is 9.18. The summed E-state index contributed by atoms with van der Waals surface area (Å²) in [4.78, 5) is 24.5. The fraction of sp³-hybridized carbons (Fsp3) is 0.556. The summed E-state index contributed by atoms with van der Waals surface area (Å²) in [5.41, 5.74) is 0.968. The van der Waals surface area contributed by atoms with Gasteiger partial charge in [-0.1, -0.05) is 0 Å². The molecule has 2 rings (SSSR count). The van der Waals surface area contributed by atoms with Crippen molar-refractivity contribution < 1.29 is 32.2 Å². The molecule has 0 radical (unpaired) electrons. The Morgan fingerprint density at radius 3 is 2.67 bits per heavy atom. The van der Waals surface area contributed by atoms with Crippen molar-refractivity contribution in [2.45, 2.75) is 39.0 Å². The van der Waals surface area contributed by atoms with Gasteiger partial charge in [-0.25, -0.2) is 13.2 Å². The number of ether oxygens (including phenoxy) is 3. The molecule has 0 bridgehead atoms. The molecular formula is C18H25NO7S. The van der Waals surface area contributed by atoms with Crippen LogP contribution >= 0.6 is 0 Å². The minimum absolute atomic E-state index is 0.0561. The Bertz CT molecular complexity index is 791. The third kappa shape index (κ3) is 5.93. The first kappa shape index (κ1) is 21.2. The van der Waals surface area contributed by atoms with Crippen LogP contribution < -0.4 is 10.1 Å². The zero-order valence-electron chi connectivity index (χ0n) is 15.7. The van der Waals surface area contributed by atoms with Crippen molar-refractivity contribution in [3.63, 3.8) is 0 Å². The van der Waals surface area contributed by atoms with Gasteiger partial charge in [-0.3, -0.25) is 4.79 Å². The molecule has 0 unspecified atom stereocenters. The van der Waals surface area contributed by atoms with E-state index >= 15 is 0 Å². The number of methoxy groups -OCH3 is 1. The smallest absolute Gasteiger partial charge is 0.338 e. The molecule has 150 valence electrons. The lowest BCUT2D eigenvalue weighted by Gasteiger charge is -2.17. The summed E-state index contributed by atoms with van der Waals surface area (Å²) >= 11 is 0. The van der Waals surface area contributed by atoms with E-state index in [1.54, 1.807) is 18.2 Å². The second-order valence-corrected chi connectivity index (χ2v) is 8.55. The van der Waals surface area contributed by atoms with Crippen LogP contribution in [-0.4, -0.2) is 57.7 Å². The molecule has 8 nitrogen and oxygen atoms in total. The summed E-state index contributed by atoms with van der Waals surface area (Å²) in [6.07, 6.45) is -0.674. The van der Waals surface area contributed by atoms with Gasteiger partial charge in [0.05, 0.1) is 30.8 Å². The van der Waals surface area contributed by atoms with Crippen LogP contribution in [-0.2, 0) is 30.7 Å². The number of amides is 1. The number of nitrogens with one attached hydrogen (secondary N) is 1. The van der Waals surface area contributed by atoms with Gasteiger partial charge in [0.25, 0.3) is 5.91 Å². The molecule has 1 aromatic rings. The predicted octanol–water partition coefficient (Wildman–Crippen LogP) is 1.08. The molecule has 0 saturated carbocycles. The van der Waals surface area contributed by atoms with Gasteiger partial charge >= 0.3 is 5.97 Å². The van der Waals surface area contributed by atoms with E-state index in [0.29, 0.717) is 24.3 Å². The lowest BCUT2D eigenvalue weighted by Crippen LogP contribution is -2.42. The van der Waals surface area contributed by atoms with Gasteiger partial charge in [0.1, 0.15) is 5.75 Å². The molecule has 9 heteroatoms. The molecular weight excluding hydrogens is 374 g/mol. The van der Waals surface area contributed by atoms with E-state index in [9.17, 15) is 18.0 Å². The minimum atomic E-state index is -3.10. The molecule has 0 spiro atoms. The predicted molar refractivity (Wildman–Crippen MR) is 98.4 cm³/mol. The Morgan fingerprint density at radius 1 is 1.33 bits per heavy atom. The van der Waals surface area contributed by atoms with Gasteiger partial charge in [-0.05, 0) is 38.5 Å². The van der Waals surface area contributed by atoms with Crippen molar-refractivity contribution in [2.24, 2.45) is 0 Å². The molecule has 1 heterocycles. The Balaban J connectivity index is 1.98. The molecule has 27 heavy (non-hydrogen) atoms. The van der Waals surface area contributed by atoms with Gasteiger partial charge in [0.2, 0.25) is 0 Å². The van der Waals surface area contributed by atoms with Crippen LogP contribution in [0.5, 0.6) is 5.75 Å². The second-order valence-electron chi connectivity index (χ2n) is 6.32. The van der Waals surface area contributed by atoms with Crippen molar-refractivity contribution in [1.29, 1.82) is 0 Å². The Hall–Kier alpha value is -2.13. The van der Waals surface area contributed by atoms with E-state index in [-0.39, 0.29) is 23.7 Å². The van der Waals surface area contributed by atoms with E-state index in [4.69, 9.17) is 14.2 Å². The number of hydrogen-bond acceptors (Lipinski definition) is 7. The maximum Gasteiger partial charge on any atom is 0.338 e. The number of rotatable bonds is 8. The van der Waals surface area contributed by atoms with Crippen LogP contribution in [0.25, 0.3) is 0 Å². The fourth-order valence-electron chi connectivity index (χ4n) is 2.74. The van der Waals surface area contributed by atoms with Crippen LogP contribution in [0.4, 0.5) is 0 Å². The van der Waals surface area contributed by atoms with Crippen molar-refractivity contribution in [3.05, 3.63) is 29.3 Å². The SMILES string of the molecule is CCOCc1cc(C(=O)O[C@H](C)C(=O)N[C@@H]2CCS(=O)(=O)C2)ccc1OC. The van der Waals surface area contributed by atoms with Crippen LogP contribution in [0.1, 0.15) is 36.2 Å². The molecule has 1 amide bonds.